The number of nitrogens with zero attached hydrogens (tertiary/aromatic N) is 3. The number of nitrogens with one attached hydrogen (secondary N) is 2. The van der Waals surface area contributed by atoms with Crippen LogP contribution >= 0.6 is 11.7 Å². The van der Waals surface area contributed by atoms with Crippen LogP contribution in [0, 0.1) is 0 Å². The molecule has 1 aliphatic rings. The fourth-order valence-corrected chi connectivity index (χ4v) is 5.60. The highest BCUT2D eigenvalue weighted by molar-refractivity contribution is 7.92. The van der Waals surface area contributed by atoms with Crippen molar-refractivity contribution >= 4 is 44.3 Å². The molecule has 12 heteroatoms. The molecule has 5 rings (SSSR count). The van der Waals surface area contributed by atoms with Gasteiger partial charge in [-0.3, -0.25) is 4.72 Å². The minimum absolute atomic E-state index is 0.0883. The highest BCUT2D eigenvalue weighted by Crippen LogP contribution is 2.31. The van der Waals surface area contributed by atoms with E-state index in [1.54, 1.807) is 48.7 Å². The van der Waals surface area contributed by atoms with Gasteiger partial charge in [-0.1, -0.05) is 12.1 Å². The Hall–Kier alpha value is -3.32. The first-order valence-corrected chi connectivity index (χ1v) is 13.2. The van der Waals surface area contributed by atoms with Gasteiger partial charge < -0.3 is 20.9 Å². The molecule has 2 aromatic carbocycles. The number of pyridine rings is 1. The van der Waals surface area contributed by atoms with Crippen LogP contribution in [0.5, 0.6) is 5.75 Å². The molecule has 2 aromatic heterocycles. The predicted octanol–water partition coefficient (Wildman–Crippen LogP) is 2.49. The number of aromatic nitrogens is 3. The van der Waals surface area contributed by atoms with Crippen LogP contribution in [0.2, 0.25) is 0 Å². The summed E-state index contributed by atoms with van der Waals surface area (Å²) in [6.07, 6.45) is 2.17. The Kier molecular flexibility index (Phi) is 6.52. The van der Waals surface area contributed by atoms with Crippen molar-refractivity contribution < 1.29 is 18.3 Å². The van der Waals surface area contributed by atoms with E-state index in [1.165, 1.54) is 6.07 Å². The Morgan fingerprint density at radius 3 is 2.91 bits per heavy atom. The van der Waals surface area contributed by atoms with Gasteiger partial charge in [0.25, 0.3) is 10.0 Å². The molecule has 0 saturated carbocycles. The van der Waals surface area contributed by atoms with E-state index in [0.29, 0.717) is 53.4 Å². The number of hydrogen-bond donors (Lipinski definition) is 4. The lowest BCUT2D eigenvalue weighted by Crippen LogP contribution is -2.36. The topological polar surface area (TPSA) is 152 Å². The number of aryl methyl sites for hydroxylation is 1. The Labute approximate surface area is 206 Å². The van der Waals surface area contributed by atoms with Crippen LogP contribution in [0.25, 0.3) is 11.0 Å². The van der Waals surface area contributed by atoms with Gasteiger partial charge in [-0.2, -0.15) is 8.75 Å². The zero-order valence-electron chi connectivity index (χ0n) is 18.6. The molecule has 0 spiro atoms. The molecule has 10 nitrogen and oxygen atoms in total. The summed E-state index contributed by atoms with van der Waals surface area (Å²) in [7, 11) is -3.80. The van der Waals surface area contributed by atoms with Crippen LogP contribution in [-0.2, 0) is 16.4 Å². The van der Waals surface area contributed by atoms with E-state index in [9.17, 15) is 13.5 Å². The molecule has 0 saturated heterocycles. The Balaban J connectivity index is 1.20. The molecule has 3 heterocycles. The van der Waals surface area contributed by atoms with E-state index in [-0.39, 0.29) is 11.0 Å². The lowest BCUT2D eigenvalue weighted by atomic mass is 10.0. The highest BCUT2D eigenvalue weighted by Gasteiger charge is 2.24. The number of ether oxygens (including phenoxy) is 1. The third kappa shape index (κ3) is 5.20. The van der Waals surface area contributed by atoms with Crippen LogP contribution in [0.1, 0.15) is 23.7 Å². The first-order chi connectivity index (χ1) is 16.9. The zero-order chi connectivity index (χ0) is 24.4. The number of anilines is 2. The highest BCUT2D eigenvalue weighted by atomic mass is 32.2. The van der Waals surface area contributed by atoms with E-state index in [1.807, 2.05) is 0 Å². The average Bonchev–Trinajstić information content (AvgIpc) is 3.34. The van der Waals surface area contributed by atoms with Gasteiger partial charge in [-0.05, 0) is 54.8 Å². The van der Waals surface area contributed by atoms with Crippen molar-refractivity contribution in [1.29, 1.82) is 0 Å². The van der Waals surface area contributed by atoms with Crippen LogP contribution in [0.4, 0.5) is 11.5 Å². The van der Waals surface area contributed by atoms with Gasteiger partial charge in [0.1, 0.15) is 28.7 Å². The molecule has 1 aliphatic heterocycles. The van der Waals surface area contributed by atoms with Crippen molar-refractivity contribution in [2.75, 3.05) is 23.5 Å². The van der Waals surface area contributed by atoms with E-state index >= 15 is 0 Å². The van der Waals surface area contributed by atoms with Crippen molar-refractivity contribution in [2.24, 2.45) is 0 Å². The number of benzene rings is 2. The zero-order valence-corrected chi connectivity index (χ0v) is 20.2. The van der Waals surface area contributed by atoms with Crippen molar-refractivity contribution in [3.05, 3.63) is 65.9 Å². The Morgan fingerprint density at radius 2 is 2.09 bits per heavy atom. The van der Waals surface area contributed by atoms with Crippen LogP contribution < -0.4 is 20.5 Å². The molecule has 5 N–H and O–H groups in total. The first-order valence-electron chi connectivity index (χ1n) is 11.0. The normalized spacial score (nSPS) is 16.4. The molecular formula is C23H24N6O4S2. The molecule has 2 atom stereocenters. The van der Waals surface area contributed by atoms with Gasteiger partial charge in [-0.25, -0.2) is 13.4 Å². The molecular weight excluding hydrogens is 488 g/mol. The van der Waals surface area contributed by atoms with Gasteiger partial charge in [0.15, 0.2) is 0 Å². The summed E-state index contributed by atoms with van der Waals surface area (Å²) in [5, 5.41) is 13.5. The second kappa shape index (κ2) is 9.74. The van der Waals surface area contributed by atoms with E-state index in [0.717, 1.165) is 23.7 Å². The van der Waals surface area contributed by atoms with Gasteiger partial charge >= 0.3 is 0 Å². The summed E-state index contributed by atoms with van der Waals surface area (Å²) >= 11 is 1.04. The van der Waals surface area contributed by atoms with Crippen LogP contribution in [-0.4, -0.2) is 46.4 Å². The molecule has 182 valence electrons. The lowest BCUT2D eigenvalue weighted by Gasteiger charge is -2.27. The number of nitrogens with two attached hydrogens (primary N) is 1. The molecule has 0 aliphatic carbocycles. The average molecular weight is 513 g/mol. The number of aliphatic hydroxyl groups excluding tert-OH is 1. The number of fused-ring (bicyclic) bond motifs is 2. The number of aliphatic hydroxyl groups is 1. The summed E-state index contributed by atoms with van der Waals surface area (Å²) in [4.78, 5) is 4.16. The van der Waals surface area contributed by atoms with E-state index in [4.69, 9.17) is 10.5 Å². The molecule has 2 unspecified atom stereocenters. The fourth-order valence-electron chi connectivity index (χ4n) is 3.94. The second-order valence-corrected chi connectivity index (χ2v) is 10.5. The molecule has 0 amide bonds. The maximum atomic E-state index is 13.0. The van der Waals surface area contributed by atoms with Crippen molar-refractivity contribution in [3.8, 4) is 5.75 Å². The second-order valence-electron chi connectivity index (χ2n) is 8.28. The first kappa shape index (κ1) is 23.4. The smallest absolute Gasteiger partial charge is 0.261 e. The molecule has 4 aromatic rings. The number of sulfonamides is 1. The third-order valence-electron chi connectivity index (χ3n) is 5.81. The molecule has 0 radical (unpaired) electrons. The summed E-state index contributed by atoms with van der Waals surface area (Å²) in [5.41, 5.74) is 8.67. The Bertz CT molecular complexity index is 1440. The van der Waals surface area contributed by atoms with E-state index in [2.05, 4.69) is 23.8 Å². The van der Waals surface area contributed by atoms with Crippen molar-refractivity contribution in [2.45, 2.75) is 29.9 Å². The van der Waals surface area contributed by atoms with Crippen LogP contribution in [0.15, 0.2) is 59.6 Å². The number of nitrogen functional groups attached to an aromatic ring is 1. The number of rotatable bonds is 8. The summed E-state index contributed by atoms with van der Waals surface area (Å²) in [6.45, 7) is 0.897. The predicted molar refractivity (Wildman–Crippen MR) is 134 cm³/mol. The number of hydrogen-bond acceptors (Lipinski definition) is 10. The molecule has 35 heavy (non-hydrogen) atoms. The fraction of sp³-hybridized carbons (Fsp3) is 0.261. The molecule has 0 bridgehead atoms. The minimum Gasteiger partial charge on any atom is -0.489 e. The third-order valence-corrected chi connectivity index (χ3v) is 7.71. The van der Waals surface area contributed by atoms with E-state index < -0.39 is 16.1 Å². The van der Waals surface area contributed by atoms with Gasteiger partial charge in [-0.15, -0.1) is 0 Å². The van der Waals surface area contributed by atoms with Gasteiger partial charge in [0, 0.05) is 24.8 Å². The lowest BCUT2D eigenvalue weighted by molar-refractivity contribution is 0.146. The van der Waals surface area contributed by atoms with Crippen molar-refractivity contribution in [1.82, 2.24) is 19.0 Å². The maximum absolute atomic E-state index is 13.0. The summed E-state index contributed by atoms with van der Waals surface area (Å²) < 4.78 is 43.1. The SMILES string of the molecule is Nc1ccc(C(O)CNCC2CCc3cc(S(=O)(=O)Nc4cccc5nsnc45)ccc3O2)cn1. The van der Waals surface area contributed by atoms with Crippen LogP contribution in [0.3, 0.4) is 0 Å². The molecule has 0 fully saturated rings. The largest absolute Gasteiger partial charge is 0.489 e. The summed E-state index contributed by atoms with van der Waals surface area (Å²) in [6, 6.07) is 13.5. The van der Waals surface area contributed by atoms with Gasteiger partial charge in [0.2, 0.25) is 0 Å². The van der Waals surface area contributed by atoms with Gasteiger partial charge in [0.05, 0.1) is 28.4 Å². The monoisotopic (exact) mass is 512 g/mol. The quantitative estimate of drug-likeness (QED) is 0.279. The van der Waals surface area contributed by atoms with Crippen molar-refractivity contribution in [3.63, 3.8) is 0 Å². The summed E-state index contributed by atoms with van der Waals surface area (Å²) in [5.74, 6) is 1.07. The Morgan fingerprint density at radius 1 is 1.20 bits per heavy atom. The standard InChI is InChI=1S/C23H24N6O4S2/c24-22-9-5-15(11-26-22)20(30)13-25-12-16-6-4-14-10-17(7-8-21(14)33-16)35(31,32)29-19-3-1-2-18-23(19)28-34-27-18/h1-3,5,7-11,16,20,25,29-30H,4,6,12-13H2,(H2,24,26). The minimum atomic E-state index is -3.80. The maximum Gasteiger partial charge on any atom is 0.261 e.